The molecule has 0 saturated heterocycles. The molecule has 0 amide bonds. The molecule has 0 atom stereocenters. The number of rotatable bonds is 4. The van der Waals surface area contributed by atoms with E-state index in [9.17, 15) is 24.3 Å². The number of methoxy groups -OCH3 is 1. The molecule has 0 aliphatic rings. The average molecular weight is 330 g/mol. The quantitative estimate of drug-likeness (QED) is 0.629. The molecule has 0 saturated carbocycles. The summed E-state index contributed by atoms with van der Waals surface area (Å²) in [5, 5.41) is 18.2. The van der Waals surface area contributed by atoms with Crippen molar-refractivity contribution in [1.29, 1.82) is 0 Å². The van der Waals surface area contributed by atoms with Gasteiger partial charge in [0.25, 0.3) is 5.56 Å². The van der Waals surface area contributed by atoms with Gasteiger partial charge in [-0.05, 0) is 24.3 Å². The molecule has 0 aliphatic heterocycles. The number of H-pyrrole nitrogens is 1. The van der Waals surface area contributed by atoms with E-state index in [2.05, 4.69) is 0 Å². The van der Waals surface area contributed by atoms with Crippen molar-refractivity contribution in [2.24, 2.45) is 0 Å². The van der Waals surface area contributed by atoms with Crippen LogP contribution >= 0.6 is 0 Å². The summed E-state index contributed by atoms with van der Waals surface area (Å²) in [5.74, 6) is -3.01. The van der Waals surface area contributed by atoms with Crippen LogP contribution in [0.15, 0.2) is 33.9 Å². The van der Waals surface area contributed by atoms with Crippen LogP contribution in [0.2, 0.25) is 0 Å². The fourth-order valence-electron chi connectivity index (χ4n) is 1.92. The van der Waals surface area contributed by atoms with Crippen LogP contribution in [0.4, 0.5) is 0 Å². The van der Waals surface area contributed by atoms with Gasteiger partial charge in [0.2, 0.25) is 0 Å². The summed E-state index contributed by atoms with van der Waals surface area (Å²) >= 11 is 0. The van der Waals surface area contributed by atoms with E-state index in [1.54, 1.807) is 4.98 Å². The Morgan fingerprint density at radius 2 is 1.65 bits per heavy atom. The summed E-state index contributed by atoms with van der Waals surface area (Å²) in [4.78, 5) is 47.7. The molecule has 0 bridgehead atoms. The number of carboxylic acid groups (broad SMARTS) is 2. The fourth-order valence-corrected chi connectivity index (χ4v) is 1.92. The van der Waals surface area contributed by atoms with Gasteiger partial charge in [0.05, 0.1) is 12.8 Å². The zero-order chi connectivity index (χ0) is 16.4. The Morgan fingerprint density at radius 1 is 1.09 bits per heavy atom. The van der Waals surface area contributed by atoms with Crippen LogP contribution in [0.1, 0.15) is 20.8 Å². The molecule has 116 valence electrons. The van der Waals surface area contributed by atoms with Gasteiger partial charge in [-0.3, -0.25) is 14.3 Å². The molecule has 0 spiro atoms. The Hall–Kier alpha value is -2.36. The van der Waals surface area contributed by atoms with Crippen molar-refractivity contribution in [3.63, 3.8) is 0 Å². The monoisotopic (exact) mass is 330 g/mol. The van der Waals surface area contributed by atoms with E-state index in [1.807, 2.05) is 0 Å². The number of hydrogen-bond acceptors (Lipinski definition) is 5. The summed E-state index contributed by atoms with van der Waals surface area (Å²) in [6, 6.07) is 5.63. The van der Waals surface area contributed by atoms with Crippen LogP contribution in [0, 0.1) is 0 Å². The van der Waals surface area contributed by atoms with Crippen molar-refractivity contribution < 1.29 is 24.5 Å². The first-order valence-corrected chi connectivity index (χ1v) is 5.87. The maximum atomic E-state index is 11.9. The van der Waals surface area contributed by atoms with Gasteiger partial charge in [-0.15, -0.1) is 0 Å². The number of aromatic nitrogens is 2. The van der Waals surface area contributed by atoms with Gasteiger partial charge < -0.3 is 14.9 Å². The van der Waals surface area contributed by atoms with Gasteiger partial charge in [-0.2, -0.15) is 0 Å². The number of nitrogens with one attached hydrogen (secondary N) is 1. The number of nitrogens with zero attached hydrogens (tertiary/aromatic N) is 1. The second kappa shape index (κ2) is 7.27. The molecule has 3 N–H and O–H groups in total. The minimum atomic E-state index is -1.75. The van der Waals surface area contributed by atoms with Gasteiger partial charge in [0.1, 0.15) is 5.75 Å². The summed E-state index contributed by atoms with van der Waals surface area (Å²) in [6.45, 7) is 0. The van der Waals surface area contributed by atoms with Crippen LogP contribution < -0.4 is 16.0 Å². The third-order valence-corrected chi connectivity index (χ3v) is 2.86. The Kier molecular flexibility index (Phi) is 5.91. The molecule has 0 unspecified atom stereocenters. The normalized spacial score (nSPS) is 9.78. The van der Waals surface area contributed by atoms with E-state index in [-0.39, 0.29) is 35.2 Å². The molecule has 2 rings (SSSR count). The third kappa shape index (κ3) is 3.52. The van der Waals surface area contributed by atoms with E-state index < -0.39 is 34.4 Å². The van der Waals surface area contributed by atoms with E-state index in [4.69, 9.17) is 9.84 Å². The van der Waals surface area contributed by atoms with E-state index in [0.29, 0.717) is 10.3 Å². The predicted octanol–water partition coefficient (Wildman–Crippen LogP) is -0.718. The van der Waals surface area contributed by atoms with Crippen molar-refractivity contribution in [2.75, 3.05) is 7.11 Å². The molecule has 1 aromatic carbocycles. The van der Waals surface area contributed by atoms with Crippen LogP contribution in [-0.2, 0) is 0 Å². The Morgan fingerprint density at radius 3 is 2.09 bits per heavy atom. The number of aromatic amines is 1. The third-order valence-electron chi connectivity index (χ3n) is 2.86. The summed E-state index contributed by atoms with van der Waals surface area (Å²) in [7, 11) is 1.42. The van der Waals surface area contributed by atoms with Crippen LogP contribution in [0.25, 0.3) is 5.69 Å². The van der Waals surface area contributed by atoms with Crippen LogP contribution in [-0.4, -0.2) is 68.4 Å². The molecule has 0 aliphatic carbocycles. The molecular formula is C13H11N2NaO7. The van der Waals surface area contributed by atoms with Gasteiger partial charge in [-0.25, -0.2) is 14.4 Å². The molecule has 0 radical (unpaired) electrons. The number of benzene rings is 1. The molecule has 23 heavy (non-hydrogen) atoms. The molecule has 1 heterocycles. The first-order chi connectivity index (χ1) is 10.4. The van der Waals surface area contributed by atoms with E-state index in [1.165, 1.54) is 31.4 Å². The van der Waals surface area contributed by atoms with Gasteiger partial charge in [0.15, 0.2) is 11.3 Å². The number of aromatic carboxylic acids is 2. The predicted molar refractivity (Wildman–Crippen MR) is 80.3 cm³/mol. The number of carbonyl (C=O) groups is 2. The maximum absolute atomic E-state index is 11.9. The van der Waals surface area contributed by atoms with Crippen molar-refractivity contribution in [1.82, 2.24) is 9.55 Å². The number of hydrogen-bond donors (Lipinski definition) is 3. The topological polar surface area (TPSA) is 139 Å². The Balaban J connectivity index is 0.00000264. The molecule has 1 aromatic heterocycles. The van der Waals surface area contributed by atoms with E-state index >= 15 is 0 Å². The van der Waals surface area contributed by atoms with Crippen LogP contribution in [0.3, 0.4) is 0 Å². The average Bonchev–Trinajstić information content (AvgIpc) is 2.46. The Bertz CT molecular complexity index is 867. The van der Waals surface area contributed by atoms with Crippen molar-refractivity contribution in [3.8, 4) is 11.4 Å². The van der Waals surface area contributed by atoms with Crippen LogP contribution in [0.5, 0.6) is 5.75 Å². The van der Waals surface area contributed by atoms with Gasteiger partial charge in [-0.1, -0.05) is 0 Å². The standard InChI is InChI=1S/C13H10N2O7.Na.H/c1-22-7-4-2-6(3-5-7)15-9(12(19)20)8(11(17)18)10(16)14-13(15)21;;/h2-5H,1H3,(H,17,18)(H,19,20)(H,14,16,21);;. The molecule has 9 nitrogen and oxygen atoms in total. The van der Waals surface area contributed by atoms with Gasteiger partial charge in [0, 0.05) is 0 Å². The summed E-state index contributed by atoms with van der Waals surface area (Å²) in [5.41, 5.74) is -4.21. The molecular weight excluding hydrogens is 319 g/mol. The van der Waals surface area contributed by atoms with Crippen molar-refractivity contribution in [2.45, 2.75) is 0 Å². The molecule has 0 fully saturated rings. The summed E-state index contributed by atoms with van der Waals surface area (Å²) < 4.78 is 5.54. The second-order valence-corrected chi connectivity index (χ2v) is 4.13. The first kappa shape index (κ1) is 18.7. The number of carboxylic acids is 2. The first-order valence-electron chi connectivity index (χ1n) is 5.87. The SMILES string of the molecule is COc1ccc(-n2c(C(=O)O)c(C(=O)O)c(=O)[nH]c2=O)cc1.[NaH]. The summed E-state index contributed by atoms with van der Waals surface area (Å²) in [6.07, 6.45) is 0. The molecule has 2 aromatic rings. The Labute approximate surface area is 150 Å². The van der Waals surface area contributed by atoms with Crippen molar-refractivity contribution in [3.05, 3.63) is 56.4 Å². The second-order valence-electron chi connectivity index (χ2n) is 4.13. The molecule has 10 heteroatoms. The zero-order valence-electron chi connectivity index (χ0n) is 11.2. The number of ether oxygens (including phenoxy) is 1. The van der Waals surface area contributed by atoms with Crippen molar-refractivity contribution >= 4 is 41.5 Å². The van der Waals surface area contributed by atoms with Gasteiger partial charge >= 0.3 is 47.2 Å². The minimum absolute atomic E-state index is 0. The zero-order valence-corrected chi connectivity index (χ0v) is 11.2. The fraction of sp³-hybridized carbons (Fsp3) is 0.0769. The van der Waals surface area contributed by atoms with E-state index in [0.717, 1.165) is 0 Å².